The van der Waals surface area contributed by atoms with E-state index in [9.17, 15) is 10.1 Å². The summed E-state index contributed by atoms with van der Waals surface area (Å²) in [5.41, 5.74) is 8.87. The van der Waals surface area contributed by atoms with Crippen LogP contribution in [0.4, 0.5) is 0 Å². The Morgan fingerprint density at radius 3 is 2.94 bits per heavy atom. The van der Waals surface area contributed by atoms with E-state index >= 15 is 0 Å². The Morgan fingerprint density at radius 2 is 2.21 bits per heavy atom. The van der Waals surface area contributed by atoms with Gasteiger partial charge in [-0.15, -0.1) is 0 Å². The molecular formula is C26H31N5O2. The van der Waals surface area contributed by atoms with Gasteiger partial charge >= 0.3 is 0 Å². The van der Waals surface area contributed by atoms with E-state index in [0.717, 1.165) is 36.3 Å². The van der Waals surface area contributed by atoms with Crippen molar-refractivity contribution in [2.24, 2.45) is 17.6 Å². The van der Waals surface area contributed by atoms with Gasteiger partial charge in [-0.25, -0.2) is 0 Å². The summed E-state index contributed by atoms with van der Waals surface area (Å²) in [5.74, 6) is 1.44. The van der Waals surface area contributed by atoms with Gasteiger partial charge in [-0.05, 0) is 41.6 Å². The number of piperidine rings is 1. The first-order valence-corrected chi connectivity index (χ1v) is 11.5. The molecule has 1 fully saturated rings. The fourth-order valence-electron chi connectivity index (χ4n) is 4.65. The number of carbonyl (C=O) groups excluding carboxylic acids is 1. The number of rotatable bonds is 6. The van der Waals surface area contributed by atoms with Crippen LogP contribution in [0.3, 0.4) is 0 Å². The van der Waals surface area contributed by atoms with E-state index in [1.165, 1.54) is 0 Å². The minimum atomic E-state index is -0.0115. The van der Waals surface area contributed by atoms with Crippen LogP contribution in [-0.4, -0.2) is 50.1 Å². The molecule has 0 aromatic heterocycles. The lowest BCUT2D eigenvalue weighted by Crippen LogP contribution is -2.44. The molecule has 2 unspecified atom stereocenters. The Hall–Kier alpha value is -3.50. The number of likely N-dealkylation sites (N-methyl/N-ethyl adjacent to an activating group) is 1. The number of nitrogens with two attached hydrogens (primary N) is 1. The van der Waals surface area contributed by atoms with Crippen LogP contribution in [0.25, 0.3) is 5.57 Å². The molecule has 1 aromatic carbocycles. The summed E-state index contributed by atoms with van der Waals surface area (Å²) < 4.78 is 6.57. The van der Waals surface area contributed by atoms with E-state index in [1.54, 1.807) is 13.1 Å². The van der Waals surface area contributed by atoms with Crippen LogP contribution in [0.1, 0.15) is 24.0 Å². The van der Waals surface area contributed by atoms with Gasteiger partial charge in [0.2, 0.25) is 0 Å². The molecule has 1 aromatic rings. The average Bonchev–Trinajstić information content (AvgIpc) is 2.87. The van der Waals surface area contributed by atoms with Crippen molar-refractivity contribution in [3.05, 3.63) is 77.4 Å². The lowest BCUT2D eigenvalue weighted by atomic mass is 9.81. The molecule has 7 heteroatoms. The number of fused-ring (bicyclic) bond motifs is 1. The number of allylic oxidation sites excluding steroid dienone is 4. The molecule has 0 saturated carbocycles. The van der Waals surface area contributed by atoms with Gasteiger partial charge in [-0.3, -0.25) is 4.79 Å². The zero-order chi connectivity index (χ0) is 23.2. The normalized spacial score (nSPS) is 22.9. The molecule has 0 spiro atoms. The molecular weight excluding hydrogens is 414 g/mol. The highest BCUT2D eigenvalue weighted by molar-refractivity contribution is 5.92. The zero-order valence-corrected chi connectivity index (χ0v) is 19.0. The van der Waals surface area contributed by atoms with E-state index in [0.29, 0.717) is 30.9 Å². The van der Waals surface area contributed by atoms with Gasteiger partial charge in [0.05, 0.1) is 17.3 Å². The lowest BCUT2D eigenvalue weighted by Gasteiger charge is -2.37. The Labute approximate surface area is 195 Å². The standard InChI is InChI=1S/C26H31N5O2/c1-29-24(5-9-27)26(32)31-11-7-22(8-12-31)33-25-15-21(14-20-6-10-30-17-23(20)25)19-4-2-3-18(13-19)16-28/h2-6,10,13-15,20,22-23,29-30H,7-9,11-12,17,27H2,1H3/b24-5-. The number of benzene rings is 1. The van der Waals surface area contributed by atoms with Gasteiger partial charge in [0, 0.05) is 57.9 Å². The summed E-state index contributed by atoms with van der Waals surface area (Å²) in [6, 6.07) is 9.91. The van der Waals surface area contributed by atoms with Crippen molar-refractivity contribution in [1.29, 1.82) is 5.26 Å². The topological polar surface area (TPSA) is 103 Å². The Kier molecular flexibility index (Phi) is 7.16. The molecule has 1 amide bonds. The zero-order valence-electron chi connectivity index (χ0n) is 19.0. The molecule has 1 saturated heterocycles. The molecule has 4 N–H and O–H groups in total. The van der Waals surface area contributed by atoms with Crippen molar-refractivity contribution in [2.75, 3.05) is 33.2 Å². The molecule has 7 nitrogen and oxygen atoms in total. The van der Waals surface area contributed by atoms with Crippen molar-refractivity contribution >= 4 is 11.5 Å². The highest BCUT2D eigenvalue weighted by Crippen LogP contribution is 2.37. The highest BCUT2D eigenvalue weighted by atomic mass is 16.5. The monoisotopic (exact) mass is 445 g/mol. The highest BCUT2D eigenvalue weighted by Gasteiger charge is 2.32. The number of carbonyl (C=O) groups is 1. The van der Waals surface area contributed by atoms with E-state index < -0.39 is 0 Å². The number of hydrogen-bond donors (Lipinski definition) is 3. The first-order valence-electron chi connectivity index (χ1n) is 11.5. The minimum Gasteiger partial charge on any atom is -0.494 e. The molecule has 0 bridgehead atoms. The van der Waals surface area contributed by atoms with E-state index in [-0.39, 0.29) is 23.8 Å². The van der Waals surface area contributed by atoms with Crippen LogP contribution in [0.5, 0.6) is 0 Å². The maximum Gasteiger partial charge on any atom is 0.269 e. The van der Waals surface area contributed by atoms with Gasteiger partial charge in [0.15, 0.2) is 0 Å². The van der Waals surface area contributed by atoms with Gasteiger partial charge in [0.1, 0.15) is 11.9 Å². The van der Waals surface area contributed by atoms with Crippen LogP contribution in [0, 0.1) is 23.2 Å². The molecule has 2 heterocycles. The Bertz CT molecular complexity index is 1040. The first kappa shape index (κ1) is 22.7. The van der Waals surface area contributed by atoms with Crippen LogP contribution < -0.4 is 16.4 Å². The number of nitrogens with zero attached hydrogens (tertiary/aromatic N) is 2. The van der Waals surface area contributed by atoms with Gasteiger partial charge < -0.3 is 26.0 Å². The summed E-state index contributed by atoms with van der Waals surface area (Å²) >= 11 is 0. The van der Waals surface area contributed by atoms with E-state index in [1.807, 2.05) is 35.4 Å². The Morgan fingerprint density at radius 1 is 1.39 bits per heavy atom. The third kappa shape index (κ3) is 5.12. The van der Waals surface area contributed by atoms with Crippen LogP contribution >= 0.6 is 0 Å². The SMILES string of the molecule is CN/C(=C\CN)C(=O)N1CCC(OC2=CC(c3cccc(C#N)c3)=CC3C=CNCC23)CC1. The number of amides is 1. The van der Waals surface area contributed by atoms with Gasteiger partial charge in [-0.2, -0.15) is 5.26 Å². The maximum absolute atomic E-state index is 12.7. The summed E-state index contributed by atoms with van der Waals surface area (Å²) in [6.07, 6.45) is 11.9. The predicted molar refractivity (Wildman–Crippen MR) is 128 cm³/mol. The quantitative estimate of drug-likeness (QED) is 0.581. The third-order valence-corrected chi connectivity index (χ3v) is 6.45. The van der Waals surface area contributed by atoms with Crippen molar-refractivity contribution < 1.29 is 9.53 Å². The molecule has 2 aliphatic heterocycles. The fraction of sp³-hybridized carbons (Fsp3) is 0.385. The summed E-state index contributed by atoms with van der Waals surface area (Å²) in [4.78, 5) is 14.6. The van der Waals surface area contributed by atoms with Crippen molar-refractivity contribution in [1.82, 2.24) is 15.5 Å². The largest absolute Gasteiger partial charge is 0.494 e. The van der Waals surface area contributed by atoms with Crippen molar-refractivity contribution in [3.63, 3.8) is 0 Å². The number of likely N-dealkylation sites (tertiary alicyclic amines) is 1. The molecule has 0 radical (unpaired) electrons. The van der Waals surface area contributed by atoms with Crippen LogP contribution in [-0.2, 0) is 9.53 Å². The molecule has 3 aliphatic rings. The van der Waals surface area contributed by atoms with E-state index in [2.05, 4.69) is 34.9 Å². The molecule has 33 heavy (non-hydrogen) atoms. The average molecular weight is 446 g/mol. The second-order valence-corrected chi connectivity index (χ2v) is 8.53. The second kappa shape index (κ2) is 10.4. The van der Waals surface area contributed by atoms with Crippen LogP contribution in [0.2, 0.25) is 0 Å². The van der Waals surface area contributed by atoms with Crippen molar-refractivity contribution in [2.45, 2.75) is 18.9 Å². The number of hydrogen-bond acceptors (Lipinski definition) is 6. The Balaban J connectivity index is 1.48. The summed E-state index contributed by atoms with van der Waals surface area (Å²) in [5, 5.41) is 15.6. The van der Waals surface area contributed by atoms with E-state index in [4.69, 9.17) is 10.5 Å². The number of ether oxygens (including phenoxy) is 1. The minimum absolute atomic E-state index is 0.0115. The van der Waals surface area contributed by atoms with Crippen molar-refractivity contribution in [3.8, 4) is 6.07 Å². The molecule has 4 rings (SSSR count). The molecule has 1 aliphatic carbocycles. The van der Waals surface area contributed by atoms with Gasteiger partial charge in [-0.1, -0.05) is 24.3 Å². The molecule has 172 valence electrons. The number of nitrogens with one attached hydrogen (secondary N) is 2. The maximum atomic E-state index is 12.7. The summed E-state index contributed by atoms with van der Waals surface area (Å²) in [7, 11) is 1.74. The molecule has 2 atom stereocenters. The second-order valence-electron chi connectivity index (χ2n) is 8.53. The summed E-state index contributed by atoms with van der Waals surface area (Å²) in [6.45, 7) is 2.45. The van der Waals surface area contributed by atoms with Crippen LogP contribution in [0.15, 0.2) is 66.2 Å². The first-order chi connectivity index (χ1) is 16.1. The van der Waals surface area contributed by atoms with Gasteiger partial charge in [0.25, 0.3) is 5.91 Å². The fourth-order valence-corrected chi connectivity index (χ4v) is 4.65. The lowest BCUT2D eigenvalue weighted by molar-refractivity contribution is -0.129. The number of nitriles is 1. The predicted octanol–water partition coefficient (Wildman–Crippen LogP) is 2.26. The smallest absolute Gasteiger partial charge is 0.269 e. The third-order valence-electron chi connectivity index (χ3n) is 6.45.